The zero-order chi connectivity index (χ0) is 15.2. The first-order valence-electron chi connectivity index (χ1n) is 6.75. The van der Waals surface area contributed by atoms with E-state index in [1.807, 2.05) is 31.3 Å². The summed E-state index contributed by atoms with van der Waals surface area (Å²) in [6.07, 6.45) is 1.59. The van der Waals surface area contributed by atoms with Crippen molar-refractivity contribution in [1.29, 1.82) is 0 Å². The summed E-state index contributed by atoms with van der Waals surface area (Å²) in [5.41, 5.74) is 1.86. The van der Waals surface area contributed by atoms with Crippen LogP contribution in [-0.4, -0.2) is 27.8 Å². The average Bonchev–Trinajstić information content (AvgIpc) is 2.90. The summed E-state index contributed by atoms with van der Waals surface area (Å²) < 4.78 is 1.59. The van der Waals surface area contributed by atoms with Gasteiger partial charge < -0.3 is 16.0 Å². The van der Waals surface area contributed by atoms with Crippen LogP contribution in [-0.2, 0) is 13.6 Å². The Morgan fingerprint density at radius 2 is 2.24 bits per heavy atom. The number of amides is 2. The molecule has 2 amide bonds. The highest BCUT2D eigenvalue weighted by Crippen LogP contribution is 2.16. The molecule has 1 aromatic carbocycles. The van der Waals surface area contributed by atoms with E-state index in [4.69, 9.17) is 0 Å². The van der Waals surface area contributed by atoms with Gasteiger partial charge in [0.2, 0.25) is 0 Å². The fourth-order valence-corrected chi connectivity index (χ4v) is 1.85. The van der Waals surface area contributed by atoms with E-state index in [9.17, 15) is 4.79 Å². The fourth-order valence-electron chi connectivity index (χ4n) is 1.85. The van der Waals surface area contributed by atoms with Crippen molar-refractivity contribution >= 4 is 11.7 Å². The van der Waals surface area contributed by atoms with Crippen molar-refractivity contribution in [2.75, 3.05) is 12.4 Å². The number of anilines is 1. The lowest BCUT2D eigenvalue weighted by molar-refractivity contribution is 0.251. The molecule has 1 unspecified atom stereocenters. The van der Waals surface area contributed by atoms with E-state index in [0.717, 1.165) is 11.3 Å². The first kappa shape index (κ1) is 15.0. The van der Waals surface area contributed by atoms with Crippen LogP contribution in [0, 0.1) is 0 Å². The molecule has 112 valence electrons. The molecule has 2 rings (SSSR count). The van der Waals surface area contributed by atoms with Gasteiger partial charge in [-0.25, -0.2) is 9.78 Å². The predicted octanol–water partition coefficient (Wildman–Crippen LogP) is 1.42. The zero-order valence-electron chi connectivity index (χ0n) is 12.4. The first-order chi connectivity index (χ1) is 10.1. The molecule has 1 atom stereocenters. The van der Waals surface area contributed by atoms with Gasteiger partial charge in [0, 0.05) is 18.8 Å². The van der Waals surface area contributed by atoms with Crippen LogP contribution in [0.4, 0.5) is 10.5 Å². The van der Waals surface area contributed by atoms with E-state index in [1.165, 1.54) is 0 Å². The van der Waals surface area contributed by atoms with Crippen LogP contribution in [0.5, 0.6) is 0 Å². The molecule has 0 bridgehead atoms. The second-order valence-corrected chi connectivity index (χ2v) is 4.78. The number of carbonyl (C=O) groups excluding carboxylic acids is 1. The molecule has 0 aliphatic heterocycles. The number of hydrogen-bond donors (Lipinski definition) is 3. The number of aromatic nitrogens is 3. The Labute approximate surface area is 123 Å². The van der Waals surface area contributed by atoms with Crippen molar-refractivity contribution in [3.63, 3.8) is 0 Å². The van der Waals surface area contributed by atoms with Crippen molar-refractivity contribution in [1.82, 2.24) is 25.4 Å². The van der Waals surface area contributed by atoms with Crippen molar-refractivity contribution in [2.45, 2.75) is 19.5 Å². The van der Waals surface area contributed by atoms with E-state index in [2.05, 4.69) is 33.0 Å². The van der Waals surface area contributed by atoms with Gasteiger partial charge in [-0.1, -0.05) is 12.1 Å². The van der Waals surface area contributed by atoms with Crippen LogP contribution >= 0.6 is 0 Å². The number of aryl methyl sites for hydroxylation is 1. The van der Waals surface area contributed by atoms with Crippen LogP contribution in [0.1, 0.15) is 24.4 Å². The van der Waals surface area contributed by atoms with Gasteiger partial charge >= 0.3 is 6.03 Å². The third-order valence-electron chi connectivity index (χ3n) is 3.13. The van der Waals surface area contributed by atoms with Gasteiger partial charge in [0.15, 0.2) is 5.82 Å². The van der Waals surface area contributed by atoms with Gasteiger partial charge in [0.25, 0.3) is 0 Å². The second kappa shape index (κ2) is 6.85. The average molecular weight is 288 g/mol. The molecule has 0 radical (unpaired) electrons. The Bertz CT molecular complexity index is 609. The van der Waals surface area contributed by atoms with Crippen LogP contribution in [0.2, 0.25) is 0 Å². The van der Waals surface area contributed by atoms with Gasteiger partial charge in [-0.15, -0.1) is 0 Å². The summed E-state index contributed by atoms with van der Waals surface area (Å²) in [7, 11) is 3.68. The first-order valence-corrected chi connectivity index (χ1v) is 6.75. The highest BCUT2D eigenvalue weighted by atomic mass is 16.2. The number of nitrogens with one attached hydrogen (secondary N) is 3. The standard InChI is InChI=1S/C14H20N6O/c1-10(15-2)11-5-4-6-12(7-11)18-14(21)16-8-13-17-9-20(3)19-13/h4-7,9-10,15H,8H2,1-3H3,(H2,16,18,21). The van der Waals surface area contributed by atoms with Crippen molar-refractivity contribution in [3.05, 3.63) is 42.0 Å². The molecule has 2 aromatic rings. The third kappa shape index (κ3) is 4.28. The lowest BCUT2D eigenvalue weighted by Gasteiger charge is -2.12. The van der Waals surface area contributed by atoms with Gasteiger partial charge in [-0.2, -0.15) is 5.10 Å². The molecular formula is C14H20N6O. The second-order valence-electron chi connectivity index (χ2n) is 4.78. The smallest absolute Gasteiger partial charge is 0.319 e. The summed E-state index contributed by atoms with van der Waals surface area (Å²) in [6.45, 7) is 2.35. The lowest BCUT2D eigenvalue weighted by Crippen LogP contribution is -2.28. The van der Waals surface area contributed by atoms with E-state index in [-0.39, 0.29) is 12.1 Å². The van der Waals surface area contributed by atoms with Crippen LogP contribution in [0.3, 0.4) is 0 Å². The maximum atomic E-state index is 11.8. The molecule has 1 heterocycles. The number of urea groups is 1. The molecule has 0 fully saturated rings. The normalized spacial score (nSPS) is 12.0. The molecule has 7 heteroatoms. The quantitative estimate of drug-likeness (QED) is 0.777. The SMILES string of the molecule is CNC(C)c1cccc(NC(=O)NCc2ncn(C)n2)c1. The van der Waals surface area contributed by atoms with Gasteiger partial charge in [0.1, 0.15) is 6.33 Å². The van der Waals surface area contributed by atoms with Crippen molar-refractivity contribution < 1.29 is 4.79 Å². The maximum absolute atomic E-state index is 11.8. The highest BCUT2D eigenvalue weighted by Gasteiger charge is 2.06. The minimum atomic E-state index is -0.281. The highest BCUT2D eigenvalue weighted by molar-refractivity contribution is 5.89. The molecule has 0 spiro atoms. The molecule has 1 aromatic heterocycles. The van der Waals surface area contributed by atoms with Crippen LogP contribution in [0.15, 0.2) is 30.6 Å². The van der Waals surface area contributed by atoms with Crippen LogP contribution < -0.4 is 16.0 Å². The minimum absolute atomic E-state index is 0.229. The summed E-state index contributed by atoms with van der Waals surface area (Å²) in [5, 5.41) is 12.8. The van der Waals surface area contributed by atoms with Crippen molar-refractivity contribution in [2.24, 2.45) is 7.05 Å². The maximum Gasteiger partial charge on any atom is 0.319 e. The fraction of sp³-hybridized carbons (Fsp3) is 0.357. The molecular weight excluding hydrogens is 268 g/mol. The molecule has 0 saturated carbocycles. The number of nitrogens with zero attached hydrogens (tertiary/aromatic N) is 3. The minimum Gasteiger partial charge on any atom is -0.330 e. The third-order valence-corrected chi connectivity index (χ3v) is 3.13. The zero-order valence-corrected chi connectivity index (χ0v) is 12.4. The van der Waals surface area contributed by atoms with Gasteiger partial charge in [-0.3, -0.25) is 4.68 Å². The summed E-state index contributed by atoms with van der Waals surface area (Å²) >= 11 is 0. The number of hydrogen-bond acceptors (Lipinski definition) is 4. The summed E-state index contributed by atoms with van der Waals surface area (Å²) in [4.78, 5) is 15.9. The Balaban J connectivity index is 1.90. The van der Waals surface area contributed by atoms with Crippen molar-refractivity contribution in [3.8, 4) is 0 Å². The number of benzene rings is 1. The molecule has 7 nitrogen and oxygen atoms in total. The summed E-state index contributed by atoms with van der Waals surface area (Å²) in [5.74, 6) is 0.574. The Kier molecular flexibility index (Phi) is 4.89. The van der Waals surface area contributed by atoms with E-state index in [0.29, 0.717) is 12.4 Å². The summed E-state index contributed by atoms with van der Waals surface area (Å²) in [6, 6.07) is 7.68. The molecule has 0 aliphatic carbocycles. The van der Waals surface area contributed by atoms with Gasteiger partial charge in [-0.05, 0) is 31.7 Å². The van der Waals surface area contributed by atoms with Gasteiger partial charge in [0.05, 0.1) is 6.54 Å². The Morgan fingerprint density at radius 1 is 1.43 bits per heavy atom. The monoisotopic (exact) mass is 288 g/mol. The molecule has 21 heavy (non-hydrogen) atoms. The topological polar surface area (TPSA) is 83.9 Å². The Morgan fingerprint density at radius 3 is 2.90 bits per heavy atom. The predicted molar refractivity (Wildman–Crippen MR) is 80.8 cm³/mol. The van der Waals surface area contributed by atoms with E-state index in [1.54, 1.807) is 18.1 Å². The van der Waals surface area contributed by atoms with E-state index < -0.39 is 0 Å². The Hall–Kier alpha value is -2.41. The molecule has 3 N–H and O–H groups in total. The number of rotatable bonds is 5. The van der Waals surface area contributed by atoms with E-state index >= 15 is 0 Å². The lowest BCUT2D eigenvalue weighted by atomic mass is 10.1. The van der Waals surface area contributed by atoms with Crippen LogP contribution in [0.25, 0.3) is 0 Å². The number of carbonyl (C=O) groups is 1. The molecule has 0 saturated heterocycles. The largest absolute Gasteiger partial charge is 0.330 e. The molecule has 0 aliphatic rings.